The number of imidazole rings is 1. The van der Waals surface area contributed by atoms with Crippen molar-refractivity contribution in [2.24, 2.45) is 12.8 Å². The van der Waals surface area contributed by atoms with Gasteiger partial charge in [-0.15, -0.1) is 12.4 Å². The van der Waals surface area contributed by atoms with E-state index in [1.165, 1.54) is 35.2 Å². The van der Waals surface area contributed by atoms with Crippen molar-refractivity contribution in [2.75, 3.05) is 13.1 Å². The van der Waals surface area contributed by atoms with Crippen LogP contribution in [0.2, 0.25) is 0 Å². The molecule has 2 N–H and O–H groups in total. The van der Waals surface area contributed by atoms with E-state index in [-0.39, 0.29) is 36.2 Å². The highest BCUT2D eigenvalue weighted by atomic mass is 35.5. The van der Waals surface area contributed by atoms with Gasteiger partial charge in [-0.25, -0.2) is 17.8 Å². The molecule has 0 aliphatic carbocycles. The van der Waals surface area contributed by atoms with Crippen molar-refractivity contribution in [3.8, 4) is 0 Å². The first-order chi connectivity index (χ1) is 10.4. The molecule has 0 aromatic carbocycles. The Morgan fingerprint density at radius 1 is 1.35 bits per heavy atom. The van der Waals surface area contributed by atoms with Crippen LogP contribution in [0.4, 0.5) is 4.39 Å². The van der Waals surface area contributed by atoms with Crippen LogP contribution in [-0.2, 0) is 17.1 Å². The number of aryl methyl sites for hydroxylation is 1. The minimum atomic E-state index is -3.73. The normalized spacial score (nSPS) is 22.0. The first-order valence-electron chi connectivity index (χ1n) is 6.73. The number of halogens is 2. The molecule has 0 spiro atoms. The number of hydrogen-bond donors (Lipinski definition) is 1. The van der Waals surface area contributed by atoms with Crippen molar-refractivity contribution >= 4 is 22.4 Å². The fourth-order valence-corrected chi connectivity index (χ4v) is 4.07. The minimum absolute atomic E-state index is 0. The maximum atomic E-state index is 13.9. The molecule has 2 atom stereocenters. The molecule has 1 aliphatic heterocycles. The largest absolute Gasteiger partial charge is 0.339 e. The van der Waals surface area contributed by atoms with Gasteiger partial charge in [-0.2, -0.15) is 4.31 Å². The quantitative estimate of drug-likeness (QED) is 0.858. The molecule has 126 valence electrons. The van der Waals surface area contributed by atoms with Crippen LogP contribution in [0.1, 0.15) is 11.6 Å². The van der Waals surface area contributed by atoms with Gasteiger partial charge >= 0.3 is 0 Å². The van der Waals surface area contributed by atoms with Crippen molar-refractivity contribution in [3.63, 3.8) is 0 Å². The molecule has 7 nitrogen and oxygen atoms in total. The Hall–Kier alpha value is -1.55. The van der Waals surface area contributed by atoms with Crippen LogP contribution < -0.4 is 5.73 Å². The lowest BCUT2D eigenvalue weighted by atomic mass is 9.99. The average molecular weight is 362 g/mol. The van der Waals surface area contributed by atoms with E-state index in [1.54, 1.807) is 11.6 Å². The Labute approximate surface area is 139 Å². The molecule has 1 fully saturated rings. The zero-order valence-electron chi connectivity index (χ0n) is 12.3. The highest BCUT2D eigenvalue weighted by Crippen LogP contribution is 2.30. The highest BCUT2D eigenvalue weighted by Gasteiger charge is 2.40. The Morgan fingerprint density at radius 3 is 2.70 bits per heavy atom. The van der Waals surface area contributed by atoms with Gasteiger partial charge in [-0.05, 0) is 12.1 Å². The van der Waals surface area contributed by atoms with Gasteiger partial charge in [-0.3, -0.25) is 4.98 Å². The molecule has 3 heterocycles. The number of sulfonamides is 1. The van der Waals surface area contributed by atoms with E-state index in [9.17, 15) is 12.8 Å². The smallest absolute Gasteiger partial charge is 0.262 e. The van der Waals surface area contributed by atoms with Crippen molar-refractivity contribution in [1.82, 2.24) is 18.8 Å². The van der Waals surface area contributed by atoms with E-state index in [0.717, 1.165) is 0 Å². The topological polar surface area (TPSA) is 94.1 Å². The lowest BCUT2D eigenvalue weighted by Gasteiger charge is -2.15. The number of nitrogens with two attached hydrogens (primary N) is 1. The van der Waals surface area contributed by atoms with E-state index >= 15 is 0 Å². The van der Waals surface area contributed by atoms with Crippen molar-refractivity contribution in [1.29, 1.82) is 0 Å². The highest BCUT2D eigenvalue weighted by molar-refractivity contribution is 7.89. The number of pyridine rings is 1. The molecule has 1 aliphatic rings. The van der Waals surface area contributed by atoms with Gasteiger partial charge in [0.1, 0.15) is 5.82 Å². The van der Waals surface area contributed by atoms with Gasteiger partial charge in [0.25, 0.3) is 10.0 Å². The fraction of sp³-hybridized carbons (Fsp3) is 0.385. The summed E-state index contributed by atoms with van der Waals surface area (Å²) < 4.78 is 41.7. The maximum Gasteiger partial charge on any atom is 0.262 e. The first-order valence-corrected chi connectivity index (χ1v) is 8.17. The molecule has 2 aromatic heterocycles. The molecule has 0 unspecified atom stereocenters. The summed E-state index contributed by atoms with van der Waals surface area (Å²) in [4.78, 5) is 7.88. The second-order valence-electron chi connectivity index (χ2n) is 5.34. The maximum absolute atomic E-state index is 13.9. The third-order valence-electron chi connectivity index (χ3n) is 3.76. The molecular weight excluding hydrogens is 345 g/mol. The van der Waals surface area contributed by atoms with E-state index in [2.05, 4.69) is 9.97 Å². The number of hydrogen-bond acceptors (Lipinski definition) is 5. The zero-order chi connectivity index (χ0) is 15.9. The molecule has 1 saturated heterocycles. The minimum Gasteiger partial charge on any atom is -0.339 e. The van der Waals surface area contributed by atoms with Crippen molar-refractivity contribution < 1.29 is 12.8 Å². The van der Waals surface area contributed by atoms with Gasteiger partial charge < -0.3 is 10.3 Å². The molecule has 0 radical (unpaired) electrons. The van der Waals surface area contributed by atoms with Gasteiger partial charge in [0.15, 0.2) is 5.03 Å². The van der Waals surface area contributed by atoms with Gasteiger partial charge in [0, 0.05) is 44.5 Å². The van der Waals surface area contributed by atoms with E-state index in [0.29, 0.717) is 0 Å². The van der Waals surface area contributed by atoms with Crippen LogP contribution in [0.25, 0.3) is 0 Å². The zero-order valence-corrected chi connectivity index (χ0v) is 14.0. The summed E-state index contributed by atoms with van der Waals surface area (Å²) in [5.41, 5.74) is 6.21. The van der Waals surface area contributed by atoms with Crippen LogP contribution in [0.15, 0.2) is 35.9 Å². The molecule has 10 heteroatoms. The molecule has 2 aromatic rings. The van der Waals surface area contributed by atoms with Crippen molar-refractivity contribution in [3.05, 3.63) is 42.4 Å². The molecule has 23 heavy (non-hydrogen) atoms. The number of aromatic nitrogens is 3. The molecule has 0 bridgehead atoms. The predicted octanol–water partition coefficient (Wildman–Crippen LogP) is 0.491. The standard InChI is InChI=1S/C13H16FN5O2S.ClH/c1-18-7-12(17-8-18)22(20,21)19-5-9(11(15)6-19)13-10(14)3-2-4-16-13;/h2-4,7-9,11H,5-6,15H2,1H3;1H/t9-,11-;/m1./s1. The van der Waals surface area contributed by atoms with Crippen LogP contribution in [0.3, 0.4) is 0 Å². The summed E-state index contributed by atoms with van der Waals surface area (Å²) in [6.45, 7) is 0.202. The van der Waals surface area contributed by atoms with E-state index in [4.69, 9.17) is 5.73 Å². The first kappa shape index (κ1) is 17.8. The Kier molecular flexibility index (Phi) is 5.04. The SMILES string of the molecule is Cl.Cn1cnc(S(=O)(=O)N2C[C@@H](N)[C@H](c3ncccc3F)C2)c1. The van der Waals surface area contributed by atoms with Crippen LogP contribution in [-0.4, -0.2) is 46.4 Å². The second kappa shape index (κ2) is 6.52. The Balaban J connectivity index is 0.00000192. The van der Waals surface area contributed by atoms with Gasteiger partial charge in [0.2, 0.25) is 0 Å². The number of rotatable bonds is 3. The summed E-state index contributed by atoms with van der Waals surface area (Å²) in [5.74, 6) is -0.945. The molecular formula is C13H17ClFN5O2S. The summed E-state index contributed by atoms with van der Waals surface area (Å²) in [5, 5.41) is -0.0376. The predicted molar refractivity (Wildman–Crippen MR) is 84.1 cm³/mol. The summed E-state index contributed by atoms with van der Waals surface area (Å²) in [7, 11) is -2.05. The van der Waals surface area contributed by atoms with Gasteiger partial charge in [0.05, 0.1) is 12.0 Å². The molecule has 0 amide bonds. The van der Waals surface area contributed by atoms with Crippen molar-refractivity contribution in [2.45, 2.75) is 17.0 Å². The van der Waals surface area contributed by atoms with Crippen LogP contribution in [0, 0.1) is 5.82 Å². The Morgan fingerprint density at radius 2 is 2.09 bits per heavy atom. The third kappa shape index (κ3) is 3.23. The second-order valence-corrected chi connectivity index (χ2v) is 7.23. The van der Waals surface area contributed by atoms with Crippen LogP contribution >= 0.6 is 12.4 Å². The average Bonchev–Trinajstić information content (AvgIpc) is 3.06. The summed E-state index contributed by atoms with van der Waals surface area (Å²) in [6.07, 6.45) is 4.31. The lowest BCUT2D eigenvalue weighted by Crippen LogP contribution is -2.32. The van der Waals surface area contributed by atoms with E-state index in [1.807, 2.05) is 0 Å². The lowest BCUT2D eigenvalue weighted by molar-refractivity contribution is 0.465. The number of nitrogens with zero attached hydrogens (tertiary/aromatic N) is 4. The van der Waals surface area contributed by atoms with Gasteiger partial charge in [-0.1, -0.05) is 0 Å². The summed E-state index contributed by atoms with van der Waals surface area (Å²) >= 11 is 0. The van der Waals surface area contributed by atoms with E-state index < -0.39 is 27.8 Å². The molecule has 3 rings (SSSR count). The van der Waals surface area contributed by atoms with Crippen LogP contribution in [0.5, 0.6) is 0 Å². The molecule has 0 saturated carbocycles. The monoisotopic (exact) mass is 361 g/mol. The summed E-state index contributed by atoms with van der Waals surface area (Å²) in [6, 6.07) is 2.27. The Bertz CT molecular complexity index is 797. The third-order valence-corrected chi connectivity index (χ3v) is 5.47. The fourth-order valence-electron chi connectivity index (χ4n) is 2.60.